The number of carbonyl (C=O) groups excluding carboxylic acids is 1. The Morgan fingerprint density at radius 1 is 1.30 bits per heavy atom. The number of nitrogens with one attached hydrogen (secondary N) is 1. The van der Waals surface area contributed by atoms with Crippen LogP contribution in [-0.2, 0) is 0 Å². The van der Waals surface area contributed by atoms with Gasteiger partial charge in [-0.05, 0) is 31.2 Å². The van der Waals surface area contributed by atoms with E-state index in [0.29, 0.717) is 11.3 Å². The van der Waals surface area contributed by atoms with Crippen LogP contribution in [0.15, 0.2) is 42.5 Å². The van der Waals surface area contributed by atoms with Gasteiger partial charge in [0.05, 0.1) is 11.8 Å². The van der Waals surface area contributed by atoms with Crippen molar-refractivity contribution in [1.82, 2.24) is 0 Å². The molecule has 2 rings (SSSR count). The Labute approximate surface area is 116 Å². The van der Waals surface area contributed by atoms with Gasteiger partial charge in [-0.15, -0.1) is 0 Å². The first-order valence-corrected chi connectivity index (χ1v) is 6.12. The number of aliphatic hydroxyl groups is 1. The molecule has 1 unspecified atom stereocenters. The summed E-state index contributed by atoms with van der Waals surface area (Å²) >= 11 is 0. The highest BCUT2D eigenvalue weighted by molar-refractivity contribution is 6.04. The fourth-order valence-corrected chi connectivity index (χ4v) is 1.84. The predicted molar refractivity (Wildman–Crippen MR) is 75.8 cm³/mol. The maximum Gasteiger partial charge on any atom is 0.255 e. The molecular formula is C15H15FN2O2. The largest absolute Gasteiger partial charge is 0.396 e. The standard InChI is InChI=1S/C15H15FN2O2/c1-9(19)11-4-2-3-5-14(11)18-15(20)10-6-7-13(17)12(16)8-10/h2-9,19H,17H2,1H3,(H,18,20). The van der Waals surface area contributed by atoms with E-state index in [1.807, 2.05) is 0 Å². The topological polar surface area (TPSA) is 75.3 Å². The van der Waals surface area contributed by atoms with E-state index in [-0.39, 0.29) is 11.3 Å². The van der Waals surface area contributed by atoms with E-state index in [1.54, 1.807) is 31.2 Å². The molecule has 2 aromatic rings. The molecule has 0 fully saturated rings. The molecule has 0 bridgehead atoms. The molecular weight excluding hydrogens is 259 g/mol. The van der Waals surface area contributed by atoms with E-state index in [1.165, 1.54) is 12.1 Å². The molecule has 4 nitrogen and oxygen atoms in total. The van der Waals surface area contributed by atoms with Crippen LogP contribution in [0.1, 0.15) is 28.9 Å². The number of halogens is 1. The fraction of sp³-hybridized carbons (Fsp3) is 0.133. The molecule has 0 saturated heterocycles. The van der Waals surface area contributed by atoms with Gasteiger partial charge in [-0.25, -0.2) is 4.39 Å². The Kier molecular flexibility index (Phi) is 4.00. The van der Waals surface area contributed by atoms with Crippen molar-refractivity contribution in [3.05, 3.63) is 59.4 Å². The Balaban J connectivity index is 2.26. The monoisotopic (exact) mass is 274 g/mol. The lowest BCUT2D eigenvalue weighted by atomic mass is 10.1. The predicted octanol–water partition coefficient (Wildman–Crippen LogP) is 2.71. The van der Waals surface area contributed by atoms with Crippen LogP contribution < -0.4 is 11.1 Å². The number of benzene rings is 2. The zero-order chi connectivity index (χ0) is 14.7. The molecule has 1 amide bonds. The number of hydrogen-bond donors (Lipinski definition) is 3. The summed E-state index contributed by atoms with van der Waals surface area (Å²) in [6, 6.07) is 10.8. The Morgan fingerprint density at radius 2 is 2.00 bits per heavy atom. The minimum Gasteiger partial charge on any atom is -0.396 e. The molecule has 104 valence electrons. The van der Waals surface area contributed by atoms with Crippen molar-refractivity contribution < 1.29 is 14.3 Å². The normalized spacial score (nSPS) is 11.9. The first-order valence-electron chi connectivity index (χ1n) is 6.12. The molecule has 0 spiro atoms. The van der Waals surface area contributed by atoms with Gasteiger partial charge in [-0.3, -0.25) is 4.79 Å². The number of nitrogens with two attached hydrogens (primary N) is 1. The molecule has 0 aliphatic carbocycles. The molecule has 0 aliphatic heterocycles. The zero-order valence-electron chi connectivity index (χ0n) is 10.9. The highest BCUT2D eigenvalue weighted by atomic mass is 19.1. The van der Waals surface area contributed by atoms with E-state index in [0.717, 1.165) is 6.07 Å². The second kappa shape index (κ2) is 5.71. The smallest absolute Gasteiger partial charge is 0.255 e. The summed E-state index contributed by atoms with van der Waals surface area (Å²) in [4.78, 5) is 12.1. The summed E-state index contributed by atoms with van der Waals surface area (Å²) in [6.45, 7) is 1.61. The van der Waals surface area contributed by atoms with E-state index in [9.17, 15) is 14.3 Å². The van der Waals surface area contributed by atoms with E-state index in [4.69, 9.17) is 5.73 Å². The summed E-state index contributed by atoms with van der Waals surface area (Å²) in [5.41, 5.74) is 6.61. The van der Waals surface area contributed by atoms with Crippen LogP contribution in [0.5, 0.6) is 0 Å². The number of carbonyl (C=O) groups is 1. The summed E-state index contributed by atoms with van der Waals surface area (Å²) in [7, 11) is 0. The van der Waals surface area contributed by atoms with Crippen LogP contribution in [0, 0.1) is 5.82 Å². The van der Waals surface area contributed by atoms with Gasteiger partial charge in [0.1, 0.15) is 5.82 Å². The van der Waals surface area contributed by atoms with Gasteiger partial charge in [0.25, 0.3) is 5.91 Å². The van der Waals surface area contributed by atoms with Crippen molar-refractivity contribution in [2.24, 2.45) is 0 Å². The number of para-hydroxylation sites is 1. The van der Waals surface area contributed by atoms with Crippen molar-refractivity contribution in [1.29, 1.82) is 0 Å². The van der Waals surface area contributed by atoms with Gasteiger partial charge in [-0.2, -0.15) is 0 Å². The third kappa shape index (κ3) is 2.95. The number of anilines is 2. The third-order valence-electron chi connectivity index (χ3n) is 2.92. The molecule has 0 aromatic heterocycles. The number of hydrogen-bond acceptors (Lipinski definition) is 3. The lowest BCUT2D eigenvalue weighted by molar-refractivity contribution is 0.102. The first kappa shape index (κ1) is 14.0. The Morgan fingerprint density at radius 3 is 2.65 bits per heavy atom. The number of rotatable bonds is 3. The van der Waals surface area contributed by atoms with Crippen LogP contribution >= 0.6 is 0 Å². The average Bonchev–Trinajstić information content (AvgIpc) is 2.42. The maximum atomic E-state index is 13.3. The summed E-state index contributed by atoms with van der Waals surface area (Å²) in [5, 5.41) is 12.3. The van der Waals surface area contributed by atoms with Crippen molar-refractivity contribution in [2.45, 2.75) is 13.0 Å². The van der Waals surface area contributed by atoms with Gasteiger partial charge in [0.15, 0.2) is 0 Å². The summed E-state index contributed by atoms with van der Waals surface area (Å²) in [6.07, 6.45) is -0.713. The minimum absolute atomic E-state index is 0.00840. The molecule has 1 atom stereocenters. The van der Waals surface area contributed by atoms with Gasteiger partial charge in [0.2, 0.25) is 0 Å². The lowest BCUT2D eigenvalue weighted by Crippen LogP contribution is -2.14. The van der Waals surface area contributed by atoms with Gasteiger partial charge in [0, 0.05) is 16.8 Å². The van der Waals surface area contributed by atoms with Crippen molar-refractivity contribution in [3.63, 3.8) is 0 Å². The second-order valence-electron chi connectivity index (χ2n) is 4.45. The third-order valence-corrected chi connectivity index (χ3v) is 2.92. The van der Waals surface area contributed by atoms with E-state index >= 15 is 0 Å². The van der Waals surface area contributed by atoms with E-state index < -0.39 is 17.8 Å². The van der Waals surface area contributed by atoms with Gasteiger partial charge >= 0.3 is 0 Å². The van der Waals surface area contributed by atoms with Crippen LogP contribution in [-0.4, -0.2) is 11.0 Å². The fourth-order valence-electron chi connectivity index (χ4n) is 1.84. The van der Waals surface area contributed by atoms with Gasteiger partial charge < -0.3 is 16.2 Å². The highest BCUT2D eigenvalue weighted by Crippen LogP contribution is 2.23. The molecule has 5 heteroatoms. The quantitative estimate of drug-likeness (QED) is 0.753. The maximum absolute atomic E-state index is 13.3. The molecule has 0 saturated carbocycles. The van der Waals surface area contributed by atoms with Gasteiger partial charge in [-0.1, -0.05) is 18.2 Å². The Hall–Kier alpha value is -2.40. The molecule has 0 aliphatic rings. The lowest BCUT2D eigenvalue weighted by Gasteiger charge is -2.13. The summed E-state index contributed by atoms with van der Waals surface area (Å²) in [5.74, 6) is -1.10. The van der Waals surface area contributed by atoms with Crippen molar-refractivity contribution in [2.75, 3.05) is 11.1 Å². The second-order valence-corrected chi connectivity index (χ2v) is 4.45. The van der Waals surface area contributed by atoms with Crippen LogP contribution in [0.2, 0.25) is 0 Å². The zero-order valence-corrected chi connectivity index (χ0v) is 10.9. The number of amides is 1. The van der Waals surface area contributed by atoms with Crippen molar-refractivity contribution in [3.8, 4) is 0 Å². The Bertz CT molecular complexity index is 642. The molecule has 4 N–H and O–H groups in total. The number of nitrogen functional groups attached to an aromatic ring is 1. The molecule has 20 heavy (non-hydrogen) atoms. The van der Waals surface area contributed by atoms with Crippen LogP contribution in [0.4, 0.5) is 15.8 Å². The first-order chi connectivity index (χ1) is 9.49. The average molecular weight is 274 g/mol. The van der Waals surface area contributed by atoms with Crippen LogP contribution in [0.3, 0.4) is 0 Å². The molecule has 0 heterocycles. The summed E-state index contributed by atoms with van der Waals surface area (Å²) < 4.78 is 13.3. The molecule has 0 radical (unpaired) electrons. The highest BCUT2D eigenvalue weighted by Gasteiger charge is 2.12. The number of aliphatic hydroxyl groups excluding tert-OH is 1. The SMILES string of the molecule is CC(O)c1ccccc1NC(=O)c1ccc(N)c(F)c1. The van der Waals surface area contributed by atoms with Crippen molar-refractivity contribution >= 4 is 17.3 Å². The van der Waals surface area contributed by atoms with Crippen LogP contribution in [0.25, 0.3) is 0 Å². The minimum atomic E-state index is -0.713. The van der Waals surface area contributed by atoms with E-state index in [2.05, 4.69) is 5.32 Å². The molecule has 2 aromatic carbocycles.